The molecule has 0 bridgehead atoms. The van der Waals surface area contributed by atoms with Crippen LogP contribution in [0.3, 0.4) is 0 Å². The van der Waals surface area contributed by atoms with Gasteiger partial charge in [-0.1, -0.05) is 6.58 Å². The second-order valence-electron chi connectivity index (χ2n) is 4.38. The highest BCUT2D eigenvalue weighted by atomic mass is 19.4. The van der Waals surface area contributed by atoms with Crippen molar-refractivity contribution in [2.24, 2.45) is 0 Å². The minimum absolute atomic E-state index is 0.0937. The molecule has 1 unspecified atom stereocenters. The molecular formula is C12H16F4O4. The molecule has 0 radical (unpaired) electrons. The van der Waals surface area contributed by atoms with Crippen molar-refractivity contribution < 1.29 is 36.6 Å². The molecule has 0 aliphatic rings. The molecule has 0 amide bonds. The van der Waals surface area contributed by atoms with E-state index in [9.17, 15) is 27.2 Å². The molecule has 0 saturated carbocycles. The predicted octanol–water partition coefficient (Wildman–Crippen LogP) is 2.72. The number of ether oxygens (including phenoxy) is 2. The van der Waals surface area contributed by atoms with Gasteiger partial charge in [0, 0.05) is 5.57 Å². The first-order valence-electron chi connectivity index (χ1n) is 5.71. The number of hydrogen-bond donors (Lipinski definition) is 0. The molecule has 0 N–H and O–H groups in total. The van der Waals surface area contributed by atoms with E-state index in [1.807, 2.05) is 0 Å². The average Bonchev–Trinajstić information content (AvgIpc) is 2.30. The number of esters is 2. The highest BCUT2D eigenvalue weighted by Crippen LogP contribution is 2.36. The Hall–Kier alpha value is -1.60. The number of alkyl halides is 4. The molecule has 116 valence electrons. The Morgan fingerprint density at radius 2 is 1.70 bits per heavy atom. The van der Waals surface area contributed by atoms with E-state index in [0.717, 1.165) is 0 Å². The fourth-order valence-electron chi connectivity index (χ4n) is 1.02. The largest absolute Gasteiger partial charge is 0.463 e. The summed E-state index contributed by atoms with van der Waals surface area (Å²) in [6.07, 6.45) is -6.09. The van der Waals surface area contributed by atoms with Crippen LogP contribution in [0, 0.1) is 0 Å². The van der Waals surface area contributed by atoms with Crippen molar-refractivity contribution in [1.82, 2.24) is 0 Å². The van der Waals surface area contributed by atoms with Gasteiger partial charge in [-0.2, -0.15) is 13.2 Å². The lowest BCUT2D eigenvalue weighted by Gasteiger charge is -2.23. The summed E-state index contributed by atoms with van der Waals surface area (Å²) in [7, 11) is 0. The second-order valence-corrected chi connectivity index (χ2v) is 4.38. The summed E-state index contributed by atoms with van der Waals surface area (Å²) < 4.78 is 58.5. The number of hydrogen-bond acceptors (Lipinski definition) is 4. The van der Waals surface area contributed by atoms with Crippen molar-refractivity contribution in [1.29, 1.82) is 0 Å². The van der Waals surface area contributed by atoms with Crippen LogP contribution in [-0.4, -0.2) is 37.0 Å². The molecule has 4 nitrogen and oxygen atoms in total. The molecule has 0 saturated heterocycles. The first-order chi connectivity index (χ1) is 8.97. The zero-order valence-corrected chi connectivity index (χ0v) is 11.2. The van der Waals surface area contributed by atoms with Crippen LogP contribution in [0.4, 0.5) is 17.6 Å². The van der Waals surface area contributed by atoms with Crippen LogP contribution in [-0.2, 0) is 19.1 Å². The molecule has 0 heterocycles. The molecule has 1 atom stereocenters. The van der Waals surface area contributed by atoms with E-state index in [1.54, 1.807) is 0 Å². The summed E-state index contributed by atoms with van der Waals surface area (Å²) in [5, 5.41) is 0. The SMILES string of the molecule is C=C(C)C(=O)OCC(=O)OCCCC(C)(F)C(F)(F)F. The van der Waals surface area contributed by atoms with Gasteiger partial charge in [-0.3, -0.25) is 0 Å². The molecule has 8 heteroatoms. The Morgan fingerprint density at radius 3 is 2.15 bits per heavy atom. The van der Waals surface area contributed by atoms with Gasteiger partial charge in [-0.05, 0) is 26.7 Å². The van der Waals surface area contributed by atoms with E-state index >= 15 is 0 Å². The molecule has 0 aromatic heterocycles. The first kappa shape index (κ1) is 18.4. The third-order valence-corrected chi connectivity index (χ3v) is 2.31. The van der Waals surface area contributed by atoms with Crippen LogP contribution in [0.15, 0.2) is 12.2 Å². The number of carbonyl (C=O) groups is 2. The molecule has 0 aliphatic heterocycles. The Balaban J connectivity index is 3.89. The summed E-state index contributed by atoms with van der Waals surface area (Å²) in [6.45, 7) is 4.03. The zero-order valence-electron chi connectivity index (χ0n) is 11.2. The van der Waals surface area contributed by atoms with Crippen LogP contribution in [0.5, 0.6) is 0 Å². The normalized spacial score (nSPS) is 14.3. The Kier molecular flexibility index (Phi) is 6.67. The fraction of sp³-hybridized carbons (Fsp3) is 0.667. The van der Waals surface area contributed by atoms with Crippen molar-refractivity contribution in [3.63, 3.8) is 0 Å². The maximum atomic E-state index is 13.1. The van der Waals surface area contributed by atoms with E-state index in [0.29, 0.717) is 6.92 Å². The standard InChI is InChI=1S/C12H16F4O4/c1-8(2)10(18)20-7-9(17)19-6-4-5-11(3,13)12(14,15)16/h1,4-7H2,2-3H3. The summed E-state index contributed by atoms with van der Waals surface area (Å²) in [5.74, 6) is -1.71. The molecule has 20 heavy (non-hydrogen) atoms. The maximum Gasteiger partial charge on any atom is 0.422 e. The van der Waals surface area contributed by atoms with Crippen molar-refractivity contribution in [2.45, 2.75) is 38.5 Å². The van der Waals surface area contributed by atoms with E-state index < -0.39 is 36.8 Å². The molecule has 0 fully saturated rings. The summed E-state index contributed by atoms with van der Waals surface area (Å²) >= 11 is 0. The number of halogens is 4. The van der Waals surface area contributed by atoms with Gasteiger partial charge in [-0.15, -0.1) is 0 Å². The molecule has 0 aromatic carbocycles. The highest BCUT2D eigenvalue weighted by molar-refractivity contribution is 5.88. The van der Waals surface area contributed by atoms with E-state index in [4.69, 9.17) is 0 Å². The Labute approximate surface area is 113 Å². The zero-order chi connectivity index (χ0) is 16.0. The third kappa shape index (κ3) is 6.53. The van der Waals surface area contributed by atoms with Crippen LogP contribution in [0.25, 0.3) is 0 Å². The first-order valence-corrected chi connectivity index (χ1v) is 5.71. The topological polar surface area (TPSA) is 52.6 Å². The smallest absolute Gasteiger partial charge is 0.422 e. The fourth-order valence-corrected chi connectivity index (χ4v) is 1.02. The molecule has 0 aliphatic carbocycles. The Bertz CT molecular complexity index is 374. The quantitative estimate of drug-likeness (QED) is 0.314. The van der Waals surface area contributed by atoms with Crippen LogP contribution >= 0.6 is 0 Å². The van der Waals surface area contributed by atoms with Gasteiger partial charge in [0.15, 0.2) is 6.61 Å². The average molecular weight is 300 g/mol. The summed E-state index contributed by atoms with van der Waals surface area (Å²) in [4.78, 5) is 22.0. The van der Waals surface area contributed by atoms with Gasteiger partial charge in [0.1, 0.15) is 0 Å². The van der Waals surface area contributed by atoms with E-state index in [1.165, 1.54) is 6.92 Å². The van der Waals surface area contributed by atoms with Crippen molar-refractivity contribution in [3.05, 3.63) is 12.2 Å². The minimum Gasteiger partial charge on any atom is -0.463 e. The van der Waals surface area contributed by atoms with Gasteiger partial charge in [-0.25, -0.2) is 14.0 Å². The lowest BCUT2D eigenvalue weighted by molar-refractivity contribution is -0.226. The van der Waals surface area contributed by atoms with Crippen LogP contribution < -0.4 is 0 Å². The van der Waals surface area contributed by atoms with Gasteiger partial charge >= 0.3 is 18.1 Å². The van der Waals surface area contributed by atoms with Crippen LogP contribution in [0.2, 0.25) is 0 Å². The maximum absolute atomic E-state index is 13.1. The van der Waals surface area contributed by atoms with Crippen molar-refractivity contribution >= 4 is 11.9 Å². The van der Waals surface area contributed by atoms with Gasteiger partial charge in [0.2, 0.25) is 5.67 Å². The molecule has 0 aromatic rings. The van der Waals surface area contributed by atoms with Gasteiger partial charge in [0.05, 0.1) is 6.61 Å². The monoisotopic (exact) mass is 300 g/mol. The molecule has 0 spiro atoms. The third-order valence-electron chi connectivity index (χ3n) is 2.31. The van der Waals surface area contributed by atoms with Crippen LogP contribution in [0.1, 0.15) is 26.7 Å². The second kappa shape index (κ2) is 7.25. The van der Waals surface area contributed by atoms with E-state index in [-0.39, 0.29) is 18.6 Å². The summed E-state index contributed by atoms with van der Waals surface area (Å²) in [5.41, 5.74) is -3.23. The van der Waals surface area contributed by atoms with Crippen molar-refractivity contribution in [2.75, 3.05) is 13.2 Å². The molecular weight excluding hydrogens is 284 g/mol. The number of rotatable bonds is 7. The van der Waals surface area contributed by atoms with E-state index in [2.05, 4.69) is 16.1 Å². The lowest BCUT2D eigenvalue weighted by Crippen LogP contribution is -2.37. The lowest BCUT2D eigenvalue weighted by atomic mass is 10.0. The predicted molar refractivity (Wildman–Crippen MR) is 61.5 cm³/mol. The molecule has 0 rings (SSSR count). The summed E-state index contributed by atoms with van der Waals surface area (Å²) in [6, 6.07) is 0. The Morgan fingerprint density at radius 1 is 1.15 bits per heavy atom. The van der Waals surface area contributed by atoms with Gasteiger partial charge < -0.3 is 9.47 Å². The number of carbonyl (C=O) groups excluding carboxylic acids is 2. The highest BCUT2D eigenvalue weighted by Gasteiger charge is 2.51. The van der Waals surface area contributed by atoms with Gasteiger partial charge in [0.25, 0.3) is 0 Å². The van der Waals surface area contributed by atoms with Crippen molar-refractivity contribution in [3.8, 4) is 0 Å². The minimum atomic E-state index is -4.96.